The number of carboxylic acid groups (broad SMARTS) is 1. The topological polar surface area (TPSA) is 40.1 Å². The van der Waals surface area contributed by atoms with Crippen LogP contribution in [0.5, 0.6) is 0 Å². The number of carbonyl (C=O) groups is 1. The van der Waals surface area contributed by atoms with E-state index in [4.69, 9.17) is 11.6 Å². The summed E-state index contributed by atoms with van der Waals surface area (Å²) in [6.45, 7) is 2.06. The van der Waals surface area contributed by atoms with E-state index in [0.717, 1.165) is 25.3 Å². The first-order valence-corrected chi connectivity index (χ1v) is 4.13. The first-order valence-electron chi connectivity index (χ1n) is 3.70. The van der Waals surface area contributed by atoms with Crippen molar-refractivity contribution in [2.24, 2.45) is 0 Å². The third kappa shape index (κ3) is 10.5. The second-order valence-electron chi connectivity index (χ2n) is 2.34. The standard InChI is InChI=1S/C8H13ClO2.Na/c1-2-3-4-7(9)5-6-8(10)11;/h5-7H,2-4H2,1H3,(H,10,11);/q;+1/p-1/b6-5+;. The van der Waals surface area contributed by atoms with Gasteiger partial charge in [-0.1, -0.05) is 25.8 Å². The molecule has 0 fully saturated rings. The van der Waals surface area contributed by atoms with Crippen molar-refractivity contribution in [3.8, 4) is 0 Å². The minimum Gasteiger partial charge on any atom is -0.545 e. The summed E-state index contributed by atoms with van der Waals surface area (Å²) in [4.78, 5) is 9.92. The van der Waals surface area contributed by atoms with E-state index in [0.29, 0.717) is 0 Å². The zero-order chi connectivity index (χ0) is 8.69. The molecule has 0 heterocycles. The van der Waals surface area contributed by atoms with Crippen LogP contribution in [0.4, 0.5) is 0 Å². The molecule has 0 aliphatic carbocycles. The van der Waals surface area contributed by atoms with E-state index in [1.165, 1.54) is 6.08 Å². The molecule has 2 nitrogen and oxygen atoms in total. The van der Waals surface area contributed by atoms with Crippen LogP contribution in [0.1, 0.15) is 26.2 Å². The minimum atomic E-state index is -1.19. The Labute approximate surface area is 100 Å². The Balaban J connectivity index is 0. The fraction of sp³-hybridized carbons (Fsp3) is 0.625. The molecule has 0 aliphatic rings. The van der Waals surface area contributed by atoms with E-state index < -0.39 is 5.97 Å². The number of aliphatic carboxylic acids is 1. The minimum absolute atomic E-state index is 0. The van der Waals surface area contributed by atoms with Crippen molar-refractivity contribution < 1.29 is 39.5 Å². The van der Waals surface area contributed by atoms with Gasteiger partial charge >= 0.3 is 29.6 Å². The fourth-order valence-electron chi connectivity index (χ4n) is 0.678. The number of halogens is 1. The molecule has 0 N–H and O–H groups in total. The average molecular weight is 199 g/mol. The summed E-state index contributed by atoms with van der Waals surface area (Å²) in [5, 5.41) is 9.75. The SMILES string of the molecule is CCCCC(Cl)/C=C/C(=O)[O-].[Na+]. The van der Waals surface area contributed by atoms with Gasteiger partial charge in [-0.05, 0) is 12.5 Å². The van der Waals surface area contributed by atoms with Crippen LogP contribution in [0, 0.1) is 0 Å². The molecular formula is C8H12ClNaO2. The number of unbranched alkanes of at least 4 members (excludes halogenated alkanes) is 1. The van der Waals surface area contributed by atoms with Crippen LogP contribution in [0.2, 0.25) is 0 Å². The number of carbonyl (C=O) groups excluding carboxylic acids is 1. The van der Waals surface area contributed by atoms with Crippen molar-refractivity contribution >= 4 is 17.6 Å². The maximum absolute atomic E-state index is 9.92. The Kier molecular flexibility index (Phi) is 12.0. The molecule has 0 saturated carbocycles. The Morgan fingerprint density at radius 1 is 1.67 bits per heavy atom. The smallest absolute Gasteiger partial charge is 0.545 e. The van der Waals surface area contributed by atoms with Gasteiger partial charge in [0, 0.05) is 0 Å². The quantitative estimate of drug-likeness (QED) is 0.294. The van der Waals surface area contributed by atoms with E-state index in [-0.39, 0.29) is 34.9 Å². The van der Waals surface area contributed by atoms with Gasteiger partial charge < -0.3 is 9.90 Å². The molecule has 0 saturated heterocycles. The number of alkyl halides is 1. The predicted octanol–water partition coefficient (Wildman–Crippen LogP) is -1.91. The Morgan fingerprint density at radius 3 is 2.67 bits per heavy atom. The van der Waals surface area contributed by atoms with Gasteiger partial charge in [-0.15, -0.1) is 11.6 Å². The molecule has 0 aromatic carbocycles. The molecule has 0 amide bonds. The average Bonchev–Trinajstić information content (AvgIpc) is 1.97. The molecule has 0 spiro atoms. The Morgan fingerprint density at radius 2 is 2.25 bits per heavy atom. The molecule has 1 atom stereocenters. The summed E-state index contributed by atoms with van der Waals surface area (Å²) in [6.07, 6.45) is 5.34. The summed E-state index contributed by atoms with van der Waals surface area (Å²) in [6, 6.07) is 0. The van der Waals surface area contributed by atoms with Crippen LogP contribution in [-0.4, -0.2) is 11.3 Å². The van der Waals surface area contributed by atoms with Crippen molar-refractivity contribution in [1.29, 1.82) is 0 Å². The molecule has 1 unspecified atom stereocenters. The summed E-state index contributed by atoms with van der Waals surface area (Å²) < 4.78 is 0. The third-order valence-electron chi connectivity index (χ3n) is 1.27. The van der Waals surface area contributed by atoms with Crippen LogP contribution >= 0.6 is 11.6 Å². The van der Waals surface area contributed by atoms with Gasteiger partial charge in [-0.3, -0.25) is 0 Å². The van der Waals surface area contributed by atoms with E-state index in [1.807, 2.05) is 0 Å². The maximum Gasteiger partial charge on any atom is 1.00 e. The van der Waals surface area contributed by atoms with Crippen LogP contribution in [0.3, 0.4) is 0 Å². The zero-order valence-electron chi connectivity index (χ0n) is 7.55. The normalized spacial score (nSPS) is 12.5. The summed E-state index contributed by atoms with van der Waals surface area (Å²) >= 11 is 5.73. The second kappa shape index (κ2) is 9.59. The predicted molar refractivity (Wildman–Crippen MR) is 43.3 cm³/mol. The monoisotopic (exact) mass is 198 g/mol. The third-order valence-corrected chi connectivity index (χ3v) is 1.64. The molecule has 4 heteroatoms. The first kappa shape index (κ1) is 15.0. The Bertz CT molecular complexity index is 148. The van der Waals surface area contributed by atoms with Crippen LogP contribution < -0.4 is 34.7 Å². The van der Waals surface area contributed by atoms with Crippen molar-refractivity contribution in [2.75, 3.05) is 0 Å². The van der Waals surface area contributed by atoms with E-state index in [1.54, 1.807) is 0 Å². The largest absolute Gasteiger partial charge is 1.00 e. The molecular weight excluding hydrogens is 187 g/mol. The van der Waals surface area contributed by atoms with Crippen molar-refractivity contribution in [3.63, 3.8) is 0 Å². The molecule has 12 heavy (non-hydrogen) atoms. The Hall–Kier alpha value is 0.500. The number of hydrogen-bond acceptors (Lipinski definition) is 2. The first-order chi connectivity index (χ1) is 5.16. The number of hydrogen-bond donors (Lipinski definition) is 0. The number of rotatable bonds is 5. The van der Waals surface area contributed by atoms with E-state index >= 15 is 0 Å². The molecule has 0 rings (SSSR count). The maximum atomic E-state index is 9.92. The molecule has 0 aliphatic heterocycles. The van der Waals surface area contributed by atoms with Crippen molar-refractivity contribution in [2.45, 2.75) is 31.6 Å². The van der Waals surface area contributed by atoms with Gasteiger partial charge in [0.2, 0.25) is 0 Å². The van der Waals surface area contributed by atoms with Gasteiger partial charge in [0.05, 0.1) is 11.3 Å². The molecule has 0 aromatic heterocycles. The zero-order valence-corrected chi connectivity index (χ0v) is 10.3. The van der Waals surface area contributed by atoms with Crippen LogP contribution in [-0.2, 0) is 4.79 Å². The second-order valence-corrected chi connectivity index (χ2v) is 2.90. The van der Waals surface area contributed by atoms with Crippen molar-refractivity contribution in [3.05, 3.63) is 12.2 Å². The summed E-state index contributed by atoms with van der Waals surface area (Å²) in [7, 11) is 0. The molecule has 64 valence electrons. The molecule has 0 bridgehead atoms. The van der Waals surface area contributed by atoms with Gasteiger partial charge in [-0.25, -0.2) is 0 Å². The summed E-state index contributed by atoms with van der Waals surface area (Å²) in [5.41, 5.74) is 0. The van der Waals surface area contributed by atoms with E-state index in [2.05, 4.69) is 6.92 Å². The van der Waals surface area contributed by atoms with Gasteiger partial charge in [0.1, 0.15) is 0 Å². The number of allylic oxidation sites excluding steroid dienone is 1. The fourth-order valence-corrected chi connectivity index (χ4v) is 0.905. The molecule has 0 radical (unpaired) electrons. The van der Waals surface area contributed by atoms with Gasteiger partial charge in [0.25, 0.3) is 0 Å². The van der Waals surface area contributed by atoms with Gasteiger partial charge in [-0.2, -0.15) is 0 Å². The van der Waals surface area contributed by atoms with E-state index in [9.17, 15) is 9.90 Å². The number of carboxylic acids is 1. The van der Waals surface area contributed by atoms with Crippen molar-refractivity contribution in [1.82, 2.24) is 0 Å². The summed E-state index contributed by atoms with van der Waals surface area (Å²) in [5.74, 6) is -1.19. The molecule has 0 aromatic rings. The van der Waals surface area contributed by atoms with Crippen LogP contribution in [0.25, 0.3) is 0 Å². The van der Waals surface area contributed by atoms with Crippen LogP contribution in [0.15, 0.2) is 12.2 Å². The van der Waals surface area contributed by atoms with Gasteiger partial charge in [0.15, 0.2) is 0 Å².